The van der Waals surface area contributed by atoms with Crippen molar-refractivity contribution in [3.8, 4) is 22.6 Å². The summed E-state index contributed by atoms with van der Waals surface area (Å²) >= 11 is 0. The molecule has 0 aliphatic carbocycles. The van der Waals surface area contributed by atoms with Crippen LogP contribution in [0.1, 0.15) is 5.56 Å². The van der Waals surface area contributed by atoms with E-state index in [1.165, 1.54) is 12.1 Å². The molecule has 11 N–H and O–H groups in total. The third-order valence-corrected chi connectivity index (χ3v) is 9.88. The third kappa shape index (κ3) is 6.00. The summed E-state index contributed by atoms with van der Waals surface area (Å²) in [6.07, 6.45) is 0. The van der Waals surface area contributed by atoms with E-state index in [0.29, 0.717) is 51.1 Å². The Labute approximate surface area is 279 Å². The number of phenolic OH excluding ortho intramolecular Hbond substituents is 2. The lowest BCUT2D eigenvalue weighted by molar-refractivity contribution is 0.470. The van der Waals surface area contributed by atoms with Gasteiger partial charge in [0.1, 0.15) is 11.5 Å². The number of hydrazine groups is 2. The van der Waals surface area contributed by atoms with Gasteiger partial charge in [-0.15, -0.1) is 0 Å². The van der Waals surface area contributed by atoms with Gasteiger partial charge < -0.3 is 32.1 Å². The molecule has 6 aromatic carbocycles. The van der Waals surface area contributed by atoms with Crippen LogP contribution >= 0.6 is 0 Å². The topological polar surface area (TPSA) is 235 Å². The highest BCUT2D eigenvalue weighted by Gasteiger charge is 2.20. The Kier molecular flexibility index (Phi) is 7.52. The van der Waals surface area contributed by atoms with Crippen LogP contribution in [0, 0.1) is 0 Å². The first-order valence-corrected chi connectivity index (χ1v) is 17.5. The van der Waals surface area contributed by atoms with Crippen LogP contribution in [0.3, 0.4) is 0 Å². The quantitative estimate of drug-likeness (QED) is 0.0549. The number of phenols is 2. The molecule has 7 rings (SSSR count). The van der Waals surface area contributed by atoms with Gasteiger partial charge in [0.05, 0.1) is 54.7 Å². The molecular weight excluding hydrogens is 673 g/mol. The van der Waals surface area contributed by atoms with Crippen LogP contribution < -0.4 is 32.8 Å². The first kappa shape index (κ1) is 31.6. The minimum atomic E-state index is -4.52. The molecule has 1 aliphatic heterocycles. The van der Waals surface area contributed by atoms with Crippen molar-refractivity contribution in [2.45, 2.75) is 16.3 Å². The van der Waals surface area contributed by atoms with Gasteiger partial charge in [0.15, 0.2) is 0 Å². The number of nitrogens with one attached hydrogen (secondary N) is 5. The zero-order valence-corrected chi connectivity index (χ0v) is 26.8. The van der Waals surface area contributed by atoms with Crippen molar-refractivity contribution in [3.63, 3.8) is 0 Å². The number of aromatic hydroxyl groups is 2. The van der Waals surface area contributed by atoms with E-state index in [9.17, 15) is 36.2 Å². The lowest BCUT2D eigenvalue weighted by Crippen LogP contribution is -2.17. The second kappa shape index (κ2) is 11.6. The zero-order valence-electron chi connectivity index (χ0n) is 25.2. The summed E-state index contributed by atoms with van der Waals surface area (Å²) in [4.78, 5) is -0.845. The largest absolute Gasteiger partial charge is 0.507 e. The molecule has 0 bridgehead atoms. The number of nitrogens with two attached hydrogens (primary N) is 1. The Morgan fingerprint density at radius 2 is 1.22 bits per heavy atom. The molecule has 0 radical (unpaired) electrons. The first-order chi connectivity index (χ1) is 23.3. The number of nitrogen functional groups attached to an aromatic ring is 1. The average Bonchev–Trinajstić information content (AvgIpc) is 3.04. The smallest absolute Gasteiger partial charge is 0.294 e. The molecule has 1 aliphatic rings. The monoisotopic (exact) mass is 700 g/mol. The molecule has 1 heterocycles. The van der Waals surface area contributed by atoms with Crippen LogP contribution in [0.25, 0.3) is 32.7 Å². The van der Waals surface area contributed by atoms with Gasteiger partial charge in [-0.1, -0.05) is 30.3 Å². The van der Waals surface area contributed by atoms with E-state index in [1.54, 1.807) is 24.3 Å². The highest BCUT2D eigenvalue weighted by atomic mass is 32.2. The fourth-order valence-corrected chi connectivity index (χ4v) is 6.87. The van der Waals surface area contributed by atoms with E-state index in [0.717, 1.165) is 34.5 Å². The van der Waals surface area contributed by atoms with Crippen LogP contribution in [0.15, 0.2) is 101 Å². The molecular formula is C33H28N6O8S2. The fourth-order valence-electron chi connectivity index (χ4n) is 5.80. The molecule has 0 unspecified atom stereocenters. The van der Waals surface area contributed by atoms with E-state index in [4.69, 9.17) is 5.73 Å². The Bertz CT molecular complexity index is 2540. The minimum Gasteiger partial charge on any atom is -0.507 e. The summed E-state index contributed by atoms with van der Waals surface area (Å²) in [5, 5.41) is 26.0. The summed E-state index contributed by atoms with van der Waals surface area (Å²) in [5.74, 6) is -0.685. The van der Waals surface area contributed by atoms with Gasteiger partial charge in [0, 0.05) is 18.7 Å². The average molecular weight is 701 g/mol. The molecule has 49 heavy (non-hydrogen) atoms. The molecule has 0 spiro atoms. The van der Waals surface area contributed by atoms with Crippen molar-refractivity contribution in [1.29, 1.82) is 0 Å². The van der Waals surface area contributed by atoms with Gasteiger partial charge in [0.25, 0.3) is 20.2 Å². The number of hydrogen-bond acceptors (Lipinski definition) is 12. The van der Waals surface area contributed by atoms with E-state index < -0.39 is 30.0 Å². The van der Waals surface area contributed by atoms with Crippen molar-refractivity contribution in [3.05, 3.63) is 96.6 Å². The van der Waals surface area contributed by atoms with Crippen molar-refractivity contribution >= 4 is 75.9 Å². The maximum atomic E-state index is 11.6. The second-order valence-electron chi connectivity index (χ2n) is 11.4. The van der Waals surface area contributed by atoms with Gasteiger partial charge >= 0.3 is 0 Å². The Hall–Kier alpha value is -5.94. The molecule has 6 aromatic rings. The minimum absolute atomic E-state index is 0.271. The Balaban J connectivity index is 1.10. The lowest BCUT2D eigenvalue weighted by Gasteiger charge is -2.24. The number of fused-ring (bicyclic) bond motifs is 5. The van der Waals surface area contributed by atoms with Crippen molar-refractivity contribution < 1.29 is 36.2 Å². The van der Waals surface area contributed by atoms with Crippen LogP contribution in [-0.4, -0.2) is 36.2 Å². The van der Waals surface area contributed by atoms with Crippen LogP contribution in [0.2, 0.25) is 0 Å². The van der Waals surface area contributed by atoms with Gasteiger partial charge in [-0.25, -0.2) is 0 Å². The third-order valence-electron chi connectivity index (χ3n) is 8.22. The molecule has 250 valence electrons. The first-order valence-electron chi connectivity index (χ1n) is 14.6. The number of rotatable bonds is 6. The van der Waals surface area contributed by atoms with E-state index >= 15 is 0 Å². The van der Waals surface area contributed by atoms with E-state index in [-0.39, 0.29) is 16.9 Å². The second-order valence-corrected chi connectivity index (χ2v) is 14.2. The standard InChI is InChI=1S/C33H28N6O8S2/c34-25-8-3-19-12-23(48(42,43)44)14-28(40)30(19)32(25)38-36-22-6-1-17(2-7-22)18-4-9-26-21(11-18)16-35-27-10-5-20-13-24(49(45,46)47)15-29(41)31(20)33(27)39-37-26/h1-15,35-41H,16,34H2,(H,42,43,44)(H,45,46,47). The van der Waals surface area contributed by atoms with Crippen molar-refractivity contribution in [2.24, 2.45) is 0 Å². The van der Waals surface area contributed by atoms with Crippen LogP contribution in [0.4, 0.5) is 34.1 Å². The summed E-state index contributed by atoms with van der Waals surface area (Å²) in [6.45, 7) is 0.425. The van der Waals surface area contributed by atoms with E-state index in [2.05, 4.69) is 27.0 Å². The Morgan fingerprint density at radius 3 is 1.90 bits per heavy atom. The summed E-state index contributed by atoms with van der Waals surface area (Å²) in [6, 6.07) is 24.4. The molecule has 0 atom stereocenters. The highest BCUT2D eigenvalue weighted by molar-refractivity contribution is 7.86. The van der Waals surface area contributed by atoms with Crippen LogP contribution in [0.5, 0.6) is 11.5 Å². The highest BCUT2D eigenvalue weighted by Crippen LogP contribution is 2.41. The maximum absolute atomic E-state index is 11.6. The summed E-state index contributed by atoms with van der Waals surface area (Å²) < 4.78 is 65.3. The van der Waals surface area contributed by atoms with Gasteiger partial charge in [-0.2, -0.15) is 16.8 Å². The van der Waals surface area contributed by atoms with Gasteiger partial charge in [-0.05, 0) is 76.0 Å². The molecule has 0 saturated heterocycles. The van der Waals surface area contributed by atoms with Crippen LogP contribution in [-0.2, 0) is 26.8 Å². The van der Waals surface area contributed by atoms with Crippen molar-refractivity contribution in [1.82, 2.24) is 0 Å². The van der Waals surface area contributed by atoms with Gasteiger partial charge in [-0.3, -0.25) is 20.0 Å². The fraction of sp³-hybridized carbons (Fsp3) is 0.0303. The van der Waals surface area contributed by atoms with Crippen molar-refractivity contribution in [2.75, 3.05) is 32.8 Å². The van der Waals surface area contributed by atoms with E-state index in [1.807, 2.05) is 42.5 Å². The number of anilines is 6. The number of hydrogen-bond donors (Lipinski definition) is 10. The maximum Gasteiger partial charge on any atom is 0.294 e. The predicted octanol–water partition coefficient (Wildman–Crippen LogP) is 5.95. The van der Waals surface area contributed by atoms with Gasteiger partial charge in [0.2, 0.25) is 0 Å². The summed E-state index contributed by atoms with van der Waals surface area (Å²) in [7, 11) is -9.03. The Morgan fingerprint density at radius 1 is 0.633 bits per heavy atom. The zero-order chi connectivity index (χ0) is 34.7. The molecule has 0 saturated carbocycles. The predicted molar refractivity (Wildman–Crippen MR) is 189 cm³/mol. The SMILES string of the molecule is Nc1ccc2cc(S(=O)(=O)O)cc(O)c2c1NNc1ccc(-c2ccc3c(c2)CNc2ccc4cc(S(=O)(=O)O)cc(O)c4c2NN3)cc1. The molecule has 0 aromatic heterocycles. The lowest BCUT2D eigenvalue weighted by atomic mass is 10.0. The summed E-state index contributed by atoms with van der Waals surface area (Å²) in [5.41, 5.74) is 24.5. The molecule has 16 heteroatoms. The molecule has 14 nitrogen and oxygen atoms in total. The molecule has 0 amide bonds. The normalized spacial score (nSPS) is 12.9. The number of benzene rings is 6. The molecule has 0 fully saturated rings.